The summed E-state index contributed by atoms with van der Waals surface area (Å²) in [6.07, 6.45) is 0. The lowest BCUT2D eigenvalue weighted by atomic mass is 10.1. The Kier molecular flexibility index (Phi) is 8.03. The molecule has 0 radical (unpaired) electrons. The number of nitrogens with one attached hydrogen (secondary N) is 1. The number of H-pyrrole nitrogens is 1. The maximum Gasteiger partial charge on any atom is 0.355 e. The van der Waals surface area contributed by atoms with Gasteiger partial charge in [-0.25, -0.2) is 9.59 Å². The van der Waals surface area contributed by atoms with Crippen LogP contribution < -0.4 is 4.74 Å². The molecular weight excluding hydrogens is 388 g/mol. The minimum atomic E-state index is -0.700. The van der Waals surface area contributed by atoms with Gasteiger partial charge < -0.3 is 24.1 Å². The normalized spacial score (nSPS) is 10.4. The van der Waals surface area contributed by atoms with Gasteiger partial charge in [0.25, 0.3) is 5.91 Å². The molecule has 1 aromatic heterocycles. The van der Waals surface area contributed by atoms with E-state index in [1.54, 1.807) is 27.8 Å². The molecule has 2 rings (SSSR count). The molecule has 1 heterocycles. The van der Waals surface area contributed by atoms with E-state index in [4.69, 9.17) is 14.2 Å². The molecule has 1 aromatic carbocycles. The van der Waals surface area contributed by atoms with E-state index in [0.29, 0.717) is 30.0 Å². The highest BCUT2D eigenvalue weighted by molar-refractivity contribution is 5.99. The Labute approximate surface area is 176 Å². The lowest BCUT2D eigenvalue weighted by Crippen LogP contribution is -2.31. The van der Waals surface area contributed by atoms with E-state index < -0.39 is 18.5 Å². The number of aryl methyl sites for hydroxylation is 1. The summed E-state index contributed by atoms with van der Waals surface area (Å²) in [6.45, 7) is 7.71. The molecule has 0 bridgehead atoms. The minimum absolute atomic E-state index is 0.137. The summed E-state index contributed by atoms with van der Waals surface area (Å²) in [5.74, 6) is -0.783. The van der Waals surface area contributed by atoms with Crippen molar-refractivity contribution in [1.82, 2.24) is 9.88 Å². The van der Waals surface area contributed by atoms with Gasteiger partial charge in [-0.2, -0.15) is 0 Å². The first-order valence-corrected chi connectivity index (χ1v) is 9.77. The van der Waals surface area contributed by atoms with Crippen LogP contribution in [0.15, 0.2) is 24.3 Å². The van der Waals surface area contributed by atoms with Gasteiger partial charge in [0.15, 0.2) is 6.61 Å². The molecule has 0 saturated heterocycles. The summed E-state index contributed by atoms with van der Waals surface area (Å²) in [5, 5.41) is 0. The van der Waals surface area contributed by atoms with E-state index in [1.807, 2.05) is 31.2 Å². The summed E-state index contributed by atoms with van der Waals surface area (Å²) in [7, 11) is 1.63. The largest absolute Gasteiger partial charge is 0.494 e. The first-order chi connectivity index (χ1) is 14.3. The number of esters is 2. The second-order valence-corrected chi connectivity index (χ2v) is 6.75. The molecule has 0 unspecified atom stereocenters. The van der Waals surface area contributed by atoms with Crippen molar-refractivity contribution in [3.8, 4) is 5.75 Å². The van der Waals surface area contributed by atoms with Gasteiger partial charge in [0.1, 0.15) is 11.4 Å². The number of aromatic nitrogens is 1. The van der Waals surface area contributed by atoms with Crippen LogP contribution in [-0.4, -0.2) is 54.6 Å². The van der Waals surface area contributed by atoms with Crippen molar-refractivity contribution in [1.29, 1.82) is 0 Å². The van der Waals surface area contributed by atoms with Crippen LogP contribution >= 0.6 is 0 Å². The highest BCUT2D eigenvalue weighted by Crippen LogP contribution is 2.20. The molecule has 0 atom stereocenters. The molecule has 0 aliphatic carbocycles. The minimum Gasteiger partial charge on any atom is -0.494 e. The number of hydrogen-bond donors (Lipinski definition) is 1. The van der Waals surface area contributed by atoms with E-state index in [-0.39, 0.29) is 18.2 Å². The van der Waals surface area contributed by atoms with Crippen LogP contribution in [0.25, 0.3) is 0 Å². The maximum absolute atomic E-state index is 12.4. The first-order valence-electron chi connectivity index (χ1n) is 9.77. The maximum atomic E-state index is 12.4. The first kappa shape index (κ1) is 23.0. The quantitative estimate of drug-likeness (QED) is 0.631. The molecule has 162 valence electrons. The van der Waals surface area contributed by atoms with Crippen molar-refractivity contribution >= 4 is 17.8 Å². The van der Waals surface area contributed by atoms with E-state index in [2.05, 4.69) is 4.98 Å². The number of amides is 1. The highest BCUT2D eigenvalue weighted by atomic mass is 16.5. The van der Waals surface area contributed by atoms with Gasteiger partial charge >= 0.3 is 11.9 Å². The number of rotatable bonds is 9. The Bertz CT molecular complexity index is 901. The Hall–Kier alpha value is -3.29. The van der Waals surface area contributed by atoms with Crippen LogP contribution in [0.5, 0.6) is 5.75 Å². The lowest BCUT2D eigenvalue weighted by molar-refractivity contribution is -0.133. The summed E-state index contributed by atoms with van der Waals surface area (Å²) in [4.78, 5) is 41.1. The Morgan fingerprint density at radius 1 is 0.967 bits per heavy atom. The second-order valence-electron chi connectivity index (χ2n) is 6.75. The van der Waals surface area contributed by atoms with Gasteiger partial charge in [-0.3, -0.25) is 4.79 Å². The number of carbonyl (C=O) groups is 3. The average molecular weight is 416 g/mol. The summed E-state index contributed by atoms with van der Waals surface area (Å²) < 4.78 is 15.6. The van der Waals surface area contributed by atoms with Gasteiger partial charge in [-0.05, 0) is 51.0 Å². The Balaban J connectivity index is 1.94. The number of likely N-dealkylation sites (N-methyl/N-ethyl adjacent to an activating group) is 1. The van der Waals surface area contributed by atoms with E-state index in [0.717, 1.165) is 11.3 Å². The summed E-state index contributed by atoms with van der Waals surface area (Å²) in [6, 6.07) is 7.44. The molecule has 1 amide bonds. The fraction of sp³-hybridized carbons (Fsp3) is 0.409. The molecule has 30 heavy (non-hydrogen) atoms. The monoisotopic (exact) mass is 416 g/mol. The number of carbonyl (C=O) groups excluding carboxylic acids is 3. The second kappa shape index (κ2) is 10.5. The summed E-state index contributed by atoms with van der Waals surface area (Å²) >= 11 is 0. The van der Waals surface area contributed by atoms with Gasteiger partial charge in [-0.15, -0.1) is 0 Å². The lowest BCUT2D eigenvalue weighted by Gasteiger charge is -2.17. The Morgan fingerprint density at radius 2 is 1.63 bits per heavy atom. The van der Waals surface area contributed by atoms with Gasteiger partial charge in [-0.1, -0.05) is 12.1 Å². The standard InChI is InChI=1S/C22H28N2O6/c1-6-28-17-10-8-16(9-11-17)12-24(5)18(25)13-30-22(27)20-14(3)19(15(4)23-20)21(26)29-7-2/h8-11,23H,6-7,12-13H2,1-5H3. The number of ether oxygens (including phenoxy) is 3. The summed E-state index contributed by atoms with van der Waals surface area (Å²) in [5.41, 5.74) is 2.32. The number of aromatic amines is 1. The van der Waals surface area contributed by atoms with Crippen LogP contribution in [0, 0.1) is 13.8 Å². The molecule has 0 fully saturated rings. The Morgan fingerprint density at radius 3 is 2.23 bits per heavy atom. The number of hydrogen-bond acceptors (Lipinski definition) is 6. The molecule has 8 nitrogen and oxygen atoms in total. The van der Waals surface area contributed by atoms with E-state index >= 15 is 0 Å². The number of benzene rings is 1. The van der Waals surface area contributed by atoms with Gasteiger partial charge in [0.05, 0.1) is 18.8 Å². The van der Waals surface area contributed by atoms with E-state index in [9.17, 15) is 14.4 Å². The average Bonchev–Trinajstić information content (AvgIpc) is 3.01. The zero-order valence-corrected chi connectivity index (χ0v) is 18.0. The topological polar surface area (TPSA) is 97.9 Å². The molecular formula is C22H28N2O6. The van der Waals surface area contributed by atoms with Crippen molar-refractivity contribution in [3.05, 3.63) is 52.3 Å². The van der Waals surface area contributed by atoms with Crippen LogP contribution in [0.4, 0.5) is 0 Å². The van der Waals surface area contributed by atoms with Gasteiger partial charge in [0, 0.05) is 19.3 Å². The highest BCUT2D eigenvalue weighted by Gasteiger charge is 2.24. The third-order valence-corrected chi connectivity index (χ3v) is 4.53. The van der Waals surface area contributed by atoms with Crippen molar-refractivity contribution in [2.45, 2.75) is 34.2 Å². The zero-order valence-electron chi connectivity index (χ0n) is 18.0. The molecule has 0 saturated carbocycles. The third kappa shape index (κ3) is 5.62. The predicted octanol–water partition coefficient (Wildman–Crippen LogP) is 3.02. The van der Waals surface area contributed by atoms with Crippen LogP contribution in [0.3, 0.4) is 0 Å². The van der Waals surface area contributed by atoms with Crippen LogP contribution in [-0.2, 0) is 20.8 Å². The molecule has 1 N–H and O–H groups in total. The van der Waals surface area contributed by atoms with Gasteiger partial charge in [0.2, 0.25) is 0 Å². The molecule has 8 heteroatoms. The molecule has 0 aliphatic rings. The third-order valence-electron chi connectivity index (χ3n) is 4.53. The zero-order chi connectivity index (χ0) is 22.3. The van der Waals surface area contributed by atoms with E-state index in [1.165, 1.54) is 4.90 Å². The number of nitrogens with zero attached hydrogens (tertiary/aromatic N) is 1. The van der Waals surface area contributed by atoms with Crippen LogP contribution in [0.1, 0.15) is 51.5 Å². The van der Waals surface area contributed by atoms with Crippen LogP contribution in [0.2, 0.25) is 0 Å². The SMILES string of the molecule is CCOC(=O)c1c(C)[nH]c(C(=O)OCC(=O)N(C)Cc2ccc(OCC)cc2)c1C. The fourth-order valence-electron chi connectivity index (χ4n) is 2.99. The van der Waals surface area contributed by atoms with Crippen molar-refractivity contribution < 1.29 is 28.6 Å². The van der Waals surface area contributed by atoms with Crippen molar-refractivity contribution in [2.24, 2.45) is 0 Å². The predicted molar refractivity (Wildman–Crippen MR) is 111 cm³/mol. The molecule has 0 aliphatic heterocycles. The van der Waals surface area contributed by atoms with Crippen molar-refractivity contribution in [2.75, 3.05) is 26.9 Å². The molecule has 2 aromatic rings. The fourth-order valence-corrected chi connectivity index (χ4v) is 2.99. The van der Waals surface area contributed by atoms with Crippen molar-refractivity contribution in [3.63, 3.8) is 0 Å². The molecule has 0 spiro atoms. The smallest absolute Gasteiger partial charge is 0.355 e.